The molecule has 0 aliphatic carbocycles. The Morgan fingerprint density at radius 2 is 1.95 bits per heavy atom. The third-order valence-corrected chi connectivity index (χ3v) is 5.32. The van der Waals surface area contributed by atoms with Crippen LogP contribution in [0.3, 0.4) is 0 Å². The first-order valence-electron chi connectivity index (χ1n) is 7.92. The van der Waals surface area contributed by atoms with E-state index in [-0.39, 0.29) is 17.7 Å². The molecule has 0 saturated carbocycles. The van der Waals surface area contributed by atoms with Gasteiger partial charge < -0.3 is 15.5 Å². The van der Waals surface area contributed by atoms with Gasteiger partial charge in [0.1, 0.15) is 0 Å². The van der Waals surface area contributed by atoms with E-state index in [4.69, 9.17) is 0 Å². The molecule has 0 aromatic carbocycles. The molecular formula is C15H25N3O2. The first-order chi connectivity index (χ1) is 9.63. The molecule has 112 valence electrons. The summed E-state index contributed by atoms with van der Waals surface area (Å²) in [4.78, 5) is 25.9. The fourth-order valence-corrected chi connectivity index (χ4v) is 4.01. The van der Waals surface area contributed by atoms with Gasteiger partial charge in [-0.15, -0.1) is 0 Å². The van der Waals surface area contributed by atoms with E-state index in [1.54, 1.807) is 0 Å². The van der Waals surface area contributed by atoms with Crippen LogP contribution in [0.2, 0.25) is 0 Å². The number of piperidine rings is 3. The SMILES string of the molecule is CN1C2CCCC1CC(NC(=O)C1CCC(=O)NC1)C2. The van der Waals surface area contributed by atoms with Crippen LogP contribution in [0.4, 0.5) is 0 Å². The van der Waals surface area contributed by atoms with Gasteiger partial charge in [0, 0.05) is 31.1 Å². The molecule has 20 heavy (non-hydrogen) atoms. The van der Waals surface area contributed by atoms with Crippen LogP contribution in [0.1, 0.15) is 44.9 Å². The lowest BCUT2D eigenvalue weighted by Crippen LogP contribution is -2.56. The van der Waals surface area contributed by atoms with Crippen molar-refractivity contribution in [2.75, 3.05) is 13.6 Å². The van der Waals surface area contributed by atoms with Crippen molar-refractivity contribution in [1.29, 1.82) is 0 Å². The molecule has 5 nitrogen and oxygen atoms in total. The summed E-state index contributed by atoms with van der Waals surface area (Å²) in [5.74, 6) is 0.174. The molecular weight excluding hydrogens is 254 g/mol. The maximum Gasteiger partial charge on any atom is 0.225 e. The molecule has 3 heterocycles. The highest BCUT2D eigenvalue weighted by Gasteiger charge is 2.37. The molecule has 3 aliphatic heterocycles. The van der Waals surface area contributed by atoms with Crippen LogP contribution in [0, 0.1) is 5.92 Å². The van der Waals surface area contributed by atoms with E-state index < -0.39 is 0 Å². The van der Waals surface area contributed by atoms with Gasteiger partial charge in [0.2, 0.25) is 11.8 Å². The number of nitrogens with zero attached hydrogens (tertiary/aromatic N) is 1. The average Bonchev–Trinajstić information content (AvgIpc) is 2.40. The zero-order valence-electron chi connectivity index (χ0n) is 12.2. The third kappa shape index (κ3) is 2.82. The van der Waals surface area contributed by atoms with Crippen molar-refractivity contribution in [3.63, 3.8) is 0 Å². The van der Waals surface area contributed by atoms with E-state index in [0.717, 1.165) is 12.8 Å². The van der Waals surface area contributed by atoms with Crippen molar-refractivity contribution in [3.8, 4) is 0 Å². The fourth-order valence-electron chi connectivity index (χ4n) is 4.01. The van der Waals surface area contributed by atoms with Crippen molar-refractivity contribution in [3.05, 3.63) is 0 Å². The van der Waals surface area contributed by atoms with Gasteiger partial charge in [0.05, 0.1) is 5.92 Å². The van der Waals surface area contributed by atoms with Crippen LogP contribution in [0.25, 0.3) is 0 Å². The molecule has 2 bridgehead atoms. The van der Waals surface area contributed by atoms with Gasteiger partial charge in [-0.25, -0.2) is 0 Å². The molecule has 0 aromatic heterocycles. The van der Waals surface area contributed by atoms with Crippen molar-refractivity contribution < 1.29 is 9.59 Å². The Balaban J connectivity index is 1.53. The Kier molecular flexibility index (Phi) is 3.96. The predicted molar refractivity (Wildman–Crippen MR) is 76.1 cm³/mol. The van der Waals surface area contributed by atoms with Gasteiger partial charge >= 0.3 is 0 Å². The van der Waals surface area contributed by atoms with Gasteiger partial charge in [0.25, 0.3) is 0 Å². The Hall–Kier alpha value is -1.10. The van der Waals surface area contributed by atoms with E-state index in [1.807, 2.05) is 0 Å². The summed E-state index contributed by atoms with van der Waals surface area (Å²) in [6.45, 7) is 0.504. The van der Waals surface area contributed by atoms with E-state index in [2.05, 4.69) is 22.6 Å². The quantitative estimate of drug-likeness (QED) is 0.780. The molecule has 0 radical (unpaired) electrons. The van der Waals surface area contributed by atoms with Crippen molar-refractivity contribution in [2.24, 2.45) is 5.92 Å². The van der Waals surface area contributed by atoms with Crippen LogP contribution in [0.15, 0.2) is 0 Å². The summed E-state index contributed by atoms with van der Waals surface area (Å²) in [6, 6.07) is 1.60. The van der Waals surface area contributed by atoms with E-state index >= 15 is 0 Å². The standard InChI is InChI=1S/C15H25N3O2/c1-18-12-3-2-4-13(18)8-11(7-12)17-15(20)10-5-6-14(19)16-9-10/h10-13H,2-9H2,1H3,(H,16,19)(H,17,20). The third-order valence-electron chi connectivity index (χ3n) is 5.32. The summed E-state index contributed by atoms with van der Waals surface area (Å²) in [5, 5.41) is 6.02. The Labute approximate surface area is 120 Å². The summed E-state index contributed by atoms with van der Waals surface area (Å²) in [6.07, 6.45) is 7.19. The monoisotopic (exact) mass is 279 g/mol. The predicted octanol–water partition coefficient (Wildman–Crippen LogP) is 0.644. The maximum absolute atomic E-state index is 12.3. The highest BCUT2D eigenvalue weighted by molar-refractivity contribution is 5.83. The molecule has 2 amide bonds. The molecule has 3 unspecified atom stereocenters. The maximum atomic E-state index is 12.3. The van der Waals surface area contributed by atoms with Gasteiger partial charge in [0.15, 0.2) is 0 Å². The number of carbonyl (C=O) groups is 2. The van der Waals surface area contributed by atoms with Crippen molar-refractivity contribution >= 4 is 11.8 Å². The smallest absolute Gasteiger partial charge is 0.225 e. The molecule has 3 aliphatic rings. The highest BCUT2D eigenvalue weighted by Crippen LogP contribution is 2.32. The average molecular weight is 279 g/mol. The van der Waals surface area contributed by atoms with Gasteiger partial charge in [-0.3, -0.25) is 9.59 Å². The summed E-state index contributed by atoms with van der Waals surface area (Å²) in [5.41, 5.74) is 0. The fraction of sp³-hybridized carbons (Fsp3) is 0.867. The number of hydrogen-bond donors (Lipinski definition) is 2. The minimum atomic E-state index is -0.0350. The Morgan fingerprint density at radius 1 is 1.25 bits per heavy atom. The number of amides is 2. The minimum absolute atomic E-state index is 0.0350. The summed E-state index contributed by atoms with van der Waals surface area (Å²) >= 11 is 0. The Morgan fingerprint density at radius 3 is 2.55 bits per heavy atom. The van der Waals surface area contributed by atoms with Gasteiger partial charge in [-0.1, -0.05) is 6.42 Å². The van der Waals surface area contributed by atoms with E-state index in [1.165, 1.54) is 19.3 Å². The van der Waals surface area contributed by atoms with Gasteiger partial charge in [-0.2, -0.15) is 0 Å². The van der Waals surface area contributed by atoms with Crippen LogP contribution in [-0.2, 0) is 9.59 Å². The zero-order valence-corrected chi connectivity index (χ0v) is 12.2. The Bertz CT molecular complexity index is 375. The van der Waals surface area contributed by atoms with Crippen LogP contribution < -0.4 is 10.6 Å². The molecule has 0 aromatic rings. The molecule has 3 rings (SSSR count). The van der Waals surface area contributed by atoms with Crippen molar-refractivity contribution in [2.45, 2.75) is 63.1 Å². The van der Waals surface area contributed by atoms with E-state index in [9.17, 15) is 9.59 Å². The topological polar surface area (TPSA) is 61.4 Å². The van der Waals surface area contributed by atoms with Crippen LogP contribution in [-0.4, -0.2) is 48.4 Å². The molecule has 3 atom stereocenters. The summed E-state index contributed by atoms with van der Waals surface area (Å²) in [7, 11) is 2.23. The first-order valence-corrected chi connectivity index (χ1v) is 7.92. The zero-order chi connectivity index (χ0) is 14.1. The largest absolute Gasteiger partial charge is 0.355 e. The molecule has 3 saturated heterocycles. The normalized spacial score (nSPS) is 38.1. The second kappa shape index (κ2) is 5.72. The first kappa shape index (κ1) is 13.9. The summed E-state index contributed by atoms with van der Waals surface area (Å²) < 4.78 is 0. The number of hydrogen-bond acceptors (Lipinski definition) is 3. The molecule has 0 spiro atoms. The highest BCUT2D eigenvalue weighted by atomic mass is 16.2. The number of carbonyl (C=O) groups excluding carboxylic acids is 2. The molecule has 3 fully saturated rings. The lowest BCUT2D eigenvalue weighted by molar-refractivity contribution is -0.129. The lowest BCUT2D eigenvalue weighted by Gasteiger charge is -2.47. The number of rotatable bonds is 2. The van der Waals surface area contributed by atoms with Gasteiger partial charge in [-0.05, 0) is 39.2 Å². The molecule has 5 heteroatoms. The van der Waals surface area contributed by atoms with Crippen molar-refractivity contribution in [1.82, 2.24) is 15.5 Å². The van der Waals surface area contributed by atoms with Crippen LogP contribution >= 0.6 is 0 Å². The van der Waals surface area contributed by atoms with E-state index in [0.29, 0.717) is 37.5 Å². The number of fused-ring (bicyclic) bond motifs is 2. The molecule has 2 N–H and O–H groups in total. The second-order valence-electron chi connectivity index (χ2n) is 6.62. The lowest BCUT2D eigenvalue weighted by atomic mass is 9.82. The second-order valence-corrected chi connectivity index (χ2v) is 6.62. The minimum Gasteiger partial charge on any atom is -0.355 e. The van der Waals surface area contributed by atoms with Crippen LogP contribution in [0.5, 0.6) is 0 Å². The number of nitrogens with one attached hydrogen (secondary N) is 2.